The van der Waals surface area contributed by atoms with Crippen LogP contribution in [0.4, 0.5) is 10.5 Å². The summed E-state index contributed by atoms with van der Waals surface area (Å²) in [6.07, 6.45) is 4.12. The predicted molar refractivity (Wildman–Crippen MR) is 70.7 cm³/mol. The van der Waals surface area contributed by atoms with Gasteiger partial charge < -0.3 is 11.1 Å². The number of carbonyl (C=O) groups excluding carboxylic acids is 2. The van der Waals surface area contributed by atoms with E-state index >= 15 is 0 Å². The molecule has 1 fully saturated rings. The first-order valence-corrected chi connectivity index (χ1v) is 6.29. The molecule has 1 aromatic rings. The molecule has 0 aliphatic heterocycles. The van der Waals surface area contributed by atoms with Crippen molar-refractivity contribution in [3.05, 3.63) is 29.3 Å². The SMILES string of the molecule is Cc1ccc(NC(N)=O)c(C(=O)C2CCCC2)c1. The molecule has 96 valence electrons. The van der Waals surface area contributed by atoms with Crippen molar-refractivity contribution < 1.29 is 9.59 Å². The third-order valence-corrected chi connectivity index (χ3v) is 3.42. The normalized spacial score (nSPS) is 15.6. The lowest BCUT2D eigenvalue weighted by molar-refractivity contribution is 0.0923. The number of nitrogens with two attached hydrogens (primary N) is 1. The zero-order valence-electron chi connectivity index (χ0n) is 10.5. The third kappa shape index (κ3) is 2.70. The van der Waals surface area contributed by atoms with E-state index in [-0.39, 0.29) is 11.7 Å². The fourth-order valence-corrected chi connectivity index (χ4v) is 2.51. The van der Waals surface area contributed by atoms with Gasteiger partial charge in [0.2, 0.25) is 0 Å². The van der Waals surface area contributed by atoms with Gasteiger partial charge in [-0.2, -0.15) is 0 Å². The van der Waals surface area contributed by atoms with Crippen molar-refractivity contribution in [2.75, 3.05) is 5.32 Å². The van der Waals surface area contributed by atoms with Gasteiger partial charge in [0.15, 0.2) is 5.78 Å². The number of carbonyl (C=O) groups is 2. The van der Waals surface area contributed by atoms with Gasteiger partial charge in [-0.05, 0) is 31.9 Å². The van der Waals surface area contributed by atoms with Crippen molar-refractivity contribution in [3.63, 3.8) is 0 Å². The molecule has 0 bridgehead atoms. The van der Waals surface area contributed by atoms with E-state index in [4.69, 9.17) is 5.73 Å². The first-order valence-electron chi connectivity index (χ1n) is 6.29. The van der Waals surface area contributed by atoms with Crippen LogP contribution in [-0.2, 0) is 0 Å². The predicted octanol–water partition coefficient (Wildman–Crippen LogP) is 2.86. The minimum Gasteiger partial charge on any atom is -0.351 e. The number of benzene rings is 1. The minimum absolute atomic E-state index is 0.0974. The summed E-state index contributed by atoms with van der Waals surface area (Å²) in [7, 11) is 0. The molecule has 1 aliphatic rings. The van der Waals surface area contributed by atoms with Gasteiger partial charge in [-0.25, -0.2) is 4.79 Å². The molecule has 0 spiro atoms. The highest BCUT2D eigenvalue weighted by atomic mass is 16.2. The first kappa shape index (κ1) is 12.6. The summed E-state index contributed by atoms with van der Waals surface area (Å²) in [6.45, 7) is 1.93. The molecular weight excluding hydrogens is 228 g/mol. The molecule has 2 rings (SSSR count). The molecule has 0 radical (unpaired) electrons. The molecule has 2 amide bonds. The molecule has 3 N–H and O–H groups in total. The van der Waals surface area contributed by atoms with Crippen molar-refractivity contribution in [1.29, 1.82) is 0 Å². The van der Waals surface area contributed by atoms with Crippen molar-refractivity contribution in [2.24, 2.45) is 11.7 Å². The fraction of sp³-hybridized carbons (Fsp3) is 0.429. The van der Waals surface area contributed by atoms with Crippen LogP contribution >= 0.6 is 0 Å². The van der Waals surface area contributed by atoms with Gasteiger partial charge >= 0.3 is 6.03 Å². The van der Waals surface area contributed by atoms with Gasteiger partial charge in [0.05, 0.1) is 5.69 Å². The van der Waals surface area contributed by atoms with Gasteiger partial charge in [0.25, 0.3) is 0 Å². The van der Waals surface area contributed by atoms with Crippen LogP contribution in [0.25, 0.3) is 0 Å². The van der Waals surface area contributed by atoms with Crippen LogP contribution in [0.2, 0.25) is 0 Å². The van der Waals surface area contributed by atoms with Crippen LogP contribution in [0.1, 0.15) is 41.6 Å². The average molecular weight is 246 g/mol. The summed E-state index contributed by atoms with van der Waals surface area (Å²) >= 11 is 0. The van der Waals surface area contributed by atoms with Crippen LogP contribution < -0.4 is 11.1 Å². The molecule has 1 aliphatic carbocycles. The van der Waals surface area contributed by atoms with Gasteiger partial charge in [-0.3, -0.25) is 4.79 Å². The first-order chi connectivity index (χ1) is 8.58. The van der Waals surface area contributed by atoms with E-state index in [1.165, 1.54) is 0 Å². The number of urea groups is 1. The Balaban J connectivity index is 2.31. The largest absolute Gasteiger partial charge is 0.351 e. The second kappa shape index (κ2) is 5.21. The molecule has 18 heavy (non-hydrogen) atoms. The van der Waals surface area contributed by atoms with Gasteiger partial charge in [0.1, 0.15) is 0 Å². The summed E-state index contributed by atoms with van der Waals surface area (Å²) in [5, 5.41) is 2.52. The molecule has 0 unspecified atom stereocenters. The Bertz CT molecular complexity index is 477. The van der Waals surface area contributed by atoms with E-state index in [2.05, 4.69) is 5.32 Å². The third-order valence-electron chi connectivity index (χ3n) is 3.42. The molecule has 4 heteroatoms. The number of anilines is 1. The maximum Gasteiger partial charge on any atom is 0.316 e. The second-order valence-corrected chi connectivity index (χ2v) is 4.88. The number of rotatable bonds is 3. The maximum atomic E-state index is 12.4. The van der Waals surface area contributed by atoms with Gasteiger partial charge in [-0.1, -0.05) is 24.5 Å². The molecule has 1 saturated carbocycles. The number of ketones is 1. The zero-order chi connectivity index (χ0) is 13.1. The van der Waals surface area contributed by atoms with Crippen LogP contribution in [0.3, 0.4) is 0 Å². The zero-order valence-corrected chi connectivity index (χ0v) is 10.5. The minimum atomic E-state index is -0.640. The Labute approximate surface area is 107 Å². The van der Waals surface area contributed by atoms with E-state index < -0.39 is 6.03 Å². The van der Waals surface area contributed by atoms with E-state index in [1.54, 1.807) is 6.07 Å². The molecular formula is C14H18N2O2. The summed E-state index contributed by atoms with van der Waals surface area (Å²) in [5.74, 6) is 0.222. The van der Waals surface area contributed by atoms with Crippen molar-refractivity contribution in [1.82, 2.24) is 0 Å². The molecule has 0 atom stereocenters. The second-order valence-electron chi connectivity index (χ2n) is 4.88. The smallest absolute Gasteiger partial charge is 0.316 e. The molecule has 1 aromatic carbocycles. The van der Waals surface area contributed by atoms with Crippen LogP contribution in [0.15, 0.2) is 18.2 Å². The lowest BCUT2D eigenvalue weighted by atomic mass is 9.94. The Hall–Kier alpha value is -1.84. The average Bonchev–Trinajstić information content (AvgIpc) is 2.83. The van der Waals surface area contributed by atoms with Crippen LogP contribution in [0.5, 0.6) is 0 Å². The van der Waals surface area contributed by atoms with E-state index in [9.17, 15) is 9.59 Å². The number of nitrogens with one attached hydrogen (secondary N) is 1. The Morgan fingerprint density at radius 2 is 1.94 bits per heavy atom. The summed E-state index contributed by atoms with van der Waals surface area (Å²) in [6, 6.07) is 4.78. The summed E-state index contributed by atoms with van der Waals surface area (Å²) < 4.78 is 0. The van der Waals surface area contributed by atoms with E-state index in [1.807, 2.05) is 19.1 Å². The number of hydrogen-bond donors (Lipinski definition) is 2. The molecule has 0 aromatic heterocycles. The fourth-order valence-electron chi connectivity index (χ4n) is 2.51. The van der Waals surface area contributed by atoms with E-state index in [0.29, 0.717) is 11.3 Å². The number of amides is 2. The van der Waals surface area contributed by atoms with Gasteiger partial charge in [0, 0.05) is 11.5 Å². The van der Waals surface area contributed by atoms with E-state index in [0.717, 1.165) is 31.2 Å². The lowest BCUT2D eigenvalue weighted by Crippen LogP contribution is -2.22. The van der Waals surface area contributed by atoms with Crippen molar-refractivity contribution in [2.45, 2.75) is 32.6 Å². The highest BCUT2D eigenvalue weighted by Crippen LogP contribution is 2.30. The number of Topliss-reactive ketones (excluding diaryl/α,β-unsaturated/α-hetero) is 1. The number of primary amides is 1. The standard InChI is InChI=1S/C14H18N2O2/c1-9-6-7-12(16-14(15)18)11(8-9)13(17)10-4-2-3-5-10/h6-8,10H,2-5H2,1H3,(H3,15,16,18). The van der Waals surface area contributed by atoms with Gasteiger partial charge in [-0.15, -0.1) is 0 Å². The highest BCUT2D eigenvalue weighted by Gasteiger charge is 2.25. The molecule has 4 nitrogen and oxygen atoms in total. The molecule has 0 heterocycles. The van der Waals surface area contributed by atoms with Crippen LogP contribution in [-0.4, -0.2) is 11.8 Å². The Morgan fingerprint density at radius 1 is 1.28 bits per heavy atom. The summed E-state index contributed by atoms with van der Waals surface area (Å²) in [4.78, 5) is 23.4. The Morgan fingerprint density at radius 3 is 2.56 bits per heavy atom. The topological polar surface area (TPSA) is 72.2 Å². The van der Waals surface area contributed by atoms with Crippen molar-refractivity contribution >= 4 is 17.5 Å². The monoisotopic (exact) mass is 246 g/mol. The maximum absolute atomic E-state index is 12.4. The summed E-state index contributed by atoms with van der Waals surface area (Å²) in [5.41, 5.74) is 7.23. The quantitative estimate of drug-likeness (QED) is 0.805. The highest BCUT2D eigenvalue weighted by molar-refractivity contribution is 6.05. The van der Waals surface area contributed by atoms with Crippen molar-refractivity contribution in [3.8, 4) is 0 Å². The lowest BCUT2D eigenvalue weighted by Gasteiger charge is -2.13. The van der Waals surface area contributed by atoms with Crippen LogP contribution in [0, 0.1) is 12.8 Å². The molecule has 0 saturated heterocycles. The number of aryl methyl sites for hydroxylation is 1. The Kier molecular flexibility index (Phi) is 3.65. The number of hydrogen-bond acceptors (Lipinski definition) is 2.